The third kappa shape index (κ3) is 2.37. The van der Waals surface area contributed by atoms with Gasteiger partial charge in [-0.15, -0.1) is 0 Å². The third-order valence-electron chi connectivity index (χ3n) is 3.46. The maximum atomic E-state index is 13.3. The Morgan fingerprint density at radius 1 is 1.30 bits per heavy atom. The third-order valence-corrected chi connectivity index (χ3v) is 3.46. The first-order valence-corrected chi connectivity index (χ1v) is 6.54. The average Bonchev–Trinajstić information content (AvgIpc) is 2.81. The molecule has 1 aliphatic rings. The summed E-state index contributed by atoms with van der Waals surface area (Å²) in [4.78, 5) is 12.3. The Balaban J connectivity index is 1.81. The predicted molar refractivity (Wildman–Crippen MR) is 77.4 cm³/mol. The topological polar surface area (TPSA) is 41.1 Å². The predicted octanol–water partition coefficient (Wildman–Crippen LogP) is 3.28. The molecule has 2 N–H and O–H groups in total. The van der Waals surface area contributed by atoms with Gasteiger partial charge in [0.2, 0.25) is 5.91 Å². The summed E-state index contributed by atoms with van der Waals surface area (Å²) in [5.74, 6) is -0.701. The Labute approximate surface area is 116 Å². The lowest BCUT2D eigenvalue weighted by atomic mass is 10.0. The number of carbonyl (C=O) groups is 1. The zero-order valence-electron chi connectivity index (χ0n) is 11.1. The quantitative estimate of drug-likeness (QED) is 0.879. The molecule has 102 valence electrons. The minimum absolute atomic E-state index is 0.118. The highest BCUT2D eigenvalue weighted by molar-refractivity contribution is 5.98. The maximum absolute atomic E-state index is 13.3. The van der Waals surface area contributed by atoms with Crippen molar-refractivity contribution in [1.82, 2.24) is 0 Å². The molecule has 3 rings (SSSR count). The number of halogens is 1. The Kier molecular flexibility index (Phi) is 3.14. The second-order valence-corrected chi connectivity index (χ2v) is 5.03. The van der Waals surface area contributed by atoms with Crippen LogP contribution in [-0.2, 0) is 4.79 Å². The molecule has 0 aromatic heterocycles. The molecule has 1 aliphatic heterocycles. The van der Waals surface area contributed by atoms with Crippen LogP contribution in [0.4, 0.5) is 15.8 Å². The molecule has 2 aromatic carbocycles. The van der Waals surface area contributed by atoms with Crippen LogP contribution < -0.4 is 10.6 Å². The van der Waals surface area contributed by atoms with Crippen LogP contribution in [0.1, 0.15) is 17.0 Å². The molecule has 0 saturated carbocycles. The standard InChI is InChI=1S/C16H15FN2O/c1-10-6-11(17)8-12(7-10)19-16(20)14-9-18-15-5-3-2-4-13(14)15/h2-8,14,18H,9H2,1H3,(H,19,20). The van der Waals surface area contributed by atoms with Crippen molar-refractivity contribution in [3.05, 3.63) is 59.4 Å². The van der Waals surface area contributed by atoms with Gasteiger partial charge in [0.15, 0.2) is 0 Å². The minimum atomic E-state index is -0.342. The molecule has 0 spiro atoms. The molecule has 1 unspecified atom stereocenters. The van der Waals surface area contributed by atoms with Gasteiger partial charge in [-0.25, -0.2) is 4.39 Å². The maximum Gasteiger partial charge on any atom is 0.233 e. The molecule has 3 nitrogen and oxygen atoms in total. The Hall–Kier alpha value is -2.36. The number of anilines is 2. The number of amides is 1. The van der Waals surface area contributed by atoms with Crippen molar-refractivity contribution >= 4 is 17.3 Å². The molecule has 1 atom stereocenters. The normalized spacial score (nSPS) is 16.4. The van der Waals surface area contributed by atoms with E-state index in [0.29, 0.717) is 12.2 Å². The van der Waals surface area contributed by atoms with Crippen LogP contribution in [0, 0.1) is 12.7 Å². The summed E-state index contributed by atoms with van der Waals surface area (Å²) >= 11 is 0. The fourth-order valence-electron chi connectivity index (χ4n) is 2.56. The molecule has 0 radical (unpaired) electrons. The molecule has 1 heterocycles. The summed E-state index contributed by atoms with van der Waals surface area (Å²) < 4.78 is 13.3. The highest BCUT2D eigenvalue weighted by Crippen LogP contribution is 2.31. The van der Waals surface area contributed by atoms with Crippen LogP contribution >= 0.6 is 0 Å². The first kappa shape index (κ1) is 12.7. The summed E-state index contributed by atoms with van der Waals surface area (Å²) in [7, 11) is 0. The van der Waals surface area contributed by atoms with Gasteiger partial charge in [-0.1, -0.05) is 18.2 Å². The molecular formula is C16H15FN2O. The highest BCUT2D eigenvalue weighted by atomic mass is 19.1. The van der Waals surface area contributed by atoms with Crippen LogP contribution in [-0.4, -0.2) is 12.5 Å². The molecule has 0 saturated heterocycles. The van der Waals surface area contributed by atoms with Crippen molar-refractivity contribution in [2.24, 2.45) is 0 Å². The van der Waals surface area contributed by atoms with E-state index < -0.39 is 0 Å². The lowest BCUT2D eigenvalue weighted by Gasteiger charge is -2.12. The largest absolute Gasteiger partial charge is 0.384 e. The van der Waals surface area contributed by atoms with Crippen LogP contribution in [0.3, 0.4) is 0 Å². The SMILES string of the molecule is Cc1cc(F)cc(NC(=O)C2CNc3ccccc32)c1. The Morgan fingerprint density at radius 3 is 2.90 bits per heavy atom. The molecular weight excluding hydrogens is 255 g/mol. The lowest BCUT2D eigenvalue weighted by molar-refractivity contribution is -0.117. The number of rotatable bonds is 2. The van der Waals surface area contributed by atoms with E-state index in [9.17, 15) is 9.18 Å². The summed E-state index contributed by atoms with van der Waals surface area (Å²) in [5, 5.41) is 5.99. The van der Waals surface area contributed by atoms with E-state index in [4.69, 9.17) is 0 Å². The second-order valence-electron chi connectivity index (χ2n) is 5.03. The number of benzene rings is 2. The molecule has 0 bridgehead atoms. The first-order valence-electron chi connectivity index (χ1n) is 6.54. The molecule has 20 heavy (non-hydrogen) atoms. The average molecular weight is 270 g/mol. The van der Waals surface area contributed by atoms with Crippen LogP contribution in [0.25, 0.3) is 0 Å². The van der Waals surface area contributed by atoms with Gasteiger partial charge in [-0.05, 0) is 42.3 Å². The number of para-hydroxylation sites is 1. The number of nitrogens with one attached hydrogen (secondary N) is 2. The summed E-state index contributed by atoms with van der Waals surface area (Å²) in [6.07, 6.45) is 0. The lowest BCUT2D eigenvalue weighted by Crippen LogP contribution is -2.22. The van der Waals surface area contributed by atoms with Gasteiger partial charge in [0, 0.05) is 17.9 Å². The zero-order valence-corrected chi connectivity index (χ0v) is 11.1. The van der Waals surface area contributed by atoms with Crippen molar-refractivity contribution in [1.29, 1.82) is 0 Å². The smallest absolute Gasteiger partial charge is 0.233 e. The van der Waals surface area contributed by atoms with Crippen LogP contribution in [0.15, 0.2) is 42.5 Å². The van der Waals surface area contributed by atoms with Crippen LogP contribution in [0.2, 0.25) is 0 Å². The van der Waals surface area contributed by atoms with E-state index in [1.54, 1.807) is 13.0 Å². The van der Waals surface area contributed by atoms with Gasteiger partial charge in [-0.3, -0.25) is 4.79 Å². The van der Waals surface area contributed by atoms with Crippen molar-refractivity contribution in [2.75, 3.05) is 17.2 Å². The molecule has 4 heteroatoms. The number of hydrogen-bond acceptors (Lipinski definition) is 2. The van der Waals surface area contributed by atoms with Gasteiger partial charge >= 0.3 is 0 Å². The van der Waals surface area contributed by atoms with Crippen molar-refractivity contribution < 1.29 is 9.18 Å². The van der Waals surface area contributed by atoms with Crippen molar-refractivity contribution in [2.45, 2.75) is 12.8 Å². The molecule has 1 amide bonds. The number of hydrogen-bond donors (Lipinski definition) is 2. The fourth-order valence-corrected chi connectivity index (χ4v) is 2.56. The fraction of sp³-hybridized carbons (Fsp3) is 0.188. The number of fused-ring (bicyclic) bond motifs is 1. The Bertz CT molecular complexity index is 649. The number of aryl methyl sites for hydroxylation is 1. The summed E-state index contributed by atoms with van der Waals surface area (Å²) in [6.45, 7) is 2.37. The van der Waals surface area contributed by atoms with Crippen LogP contribution in [0.5, 0.6) is 0 Å². The zero-order chi connectivity index (χ0) is 14.1. The van der Waals surface area contributed by atoms with Gasteiger partial charge in [0.25, 0.3) is 0 Å². The van der Waals surface area contributed by atoms with Gasteiger partial charge < -0.3 is 10.6 Å². The van der Waals surface area contributed by atoms with E-state index in [-0.39, 0.29) is 17.6 Å². The van der Waals surface area contributed by atoms with E-state index in [1.807, 2.05) is 24.3 Å². The van der Waals surface area contributed by atoms with Gasteiger partial charge in [0.1, 0.15) is 5.82 Å². The monoisotopic (exact) mass is 270 g/mol. The van der Waals surface area contributed by atoms with E-state index >= 15 is 0 Å². The molecule has 0 fully saturated rings. The molecule has 2 aromatic rings. The van der Waals surface area contributed by atoms with Gasteiger partial charge in [0.05, 0.1) is 5.92 Å². The second kappa shape index (κ2) is 4.96. The molecule has 0 aliphatic carbocycles. The van der Waals surface area contributed by atoms with Crippen molar-refractivity contribution in [3.63, 3.8) is 0 Å². The van der Waals surface area contributed by atoms with E-state index in [1.165, 1.54) is 12.1 Å². The van der Waals surface area contributed by atoms with Gasteiger partial charge in [-0.2, -0.15) is 0 Å². The number of carbonyl (C=O) groups excluding carboxylic acids is 1. The highest BCUT2D eigenvalue weighted by Gasteiger charge is 2.28. The first-order chi connectivity index (χ1) is 9.63. The Morgan fingerprint density at radius 2 is 2.10 bits per heavy atom. The summed E-state index contributed by atoms with van der Waals surface area (Å²) in [5.41, 5.74) is 3.25. The minimum Gasteiger partial charge on any atom is -0.384 e. The van der Waals surface area contributed by atoms with E-state index in [0.717, 1.165) is 16.8 Å². The summed E-state index contributed by atoms with van der Waals surface area (Å²) in [6, 6.07) is 12.3. The van der Waals surface area contributed by atoms with Crippen molar-refractivity contribution in [3.8, 4) is 0 Å². The van der Waals surface area contributed by atoms with E-state index in [2.05, 4.69) is 10.6 Å².